The van der Waals surface area contributed by atoms with Gasteiger partial charge in [-0.1, -0.05) is 5.16 Å². The third-order valence-corrected chi connectivity index (χ3v) is 2.10. The molecule has 1 rings (SSSR count). The monoisotopic (exact) mass is 214 g/mol. The van der Waals surface area contributed by atoms with E-state index in [0.29, 0.717) is 13.0 Å². The SMILES string of the molecule is NC(CC(=O)NCC1CCC(=O)N1)=NO. The van der Waals surface area contributed by atoms with E-state index in [2.05, 4.69) is 15.8 Å². The van der Waals surface area contributed by atoms with E-state index in [1.165, 1.54) is 0 Å². The predicted octanol–water partition coefficient (Wildman–Crippen LogP) is -1.48. The topological polar surface area (TPSA) is 117 Å². The Kier molecular flexibility index (Phi) is 3.90. The first-order valence-electron chi connectivity index (χ1n) is 4.64. The Bertz CT molecular complexity index is 290. The van der Waals surface area contributed by atoms with Crippen LogP contribution in [0.2, 0.25) is 0 Å². The summed E-state index contributed by atoms with van der Waals surface area (Å²) in [6, 6.07) is -0.00580. The molecule has 0 aliphatic carbocycles. The molecule has 0 radical (unpaired) electrons. The predicted molar refractivity (Wildman–Crippen MR) is 52.2 cm³/mol. The quantitative estimate of drug-likeness (QED) is 0.197. The van der Waals surface area contributed by atoms with E-state index in [0.717, 1.165) is 6.42 Å². The Balaban J connectivity index is 2.20. The number of hydrogen-bond acceptors (Lipinski definition) is 4. The Hall–Kier alpha value is -1.79. The maximum absolute atomic E-state index is 11.2. The standard InChI is InChI=1S/C8H14N4O3/c9-6(12-15)3-8(14)10-4-5-1-2-7(13)11-5/h5,15H,1-4H2,(H2,9,12)(H,10,14)(H,11,13). The number of oxime groups is 1. The molecule has 1 unspecified atom stereocenters. The summed E-state index contributed by atoms with van der Waals surface area (Å²) in [5.74, 6) is -0.458. The molecule has 1 saturated heterocycles. The molecular weight excluding hydrogens is 200 g/mol. The lowest BCUT2D eigenvalue weighted by molar-refractivity contribution is -0.121. The van der Waals surface area contributed by atoms with Gasteiger partial charge in [0, 0.05) is 19.0 Å². The molecule has 2 amide bonds. The van der Waals surface area contributed by atoms with Gasteiger partial charge in [-0.2, -0.15) is 0 Å². The fourth-order valence-electron chi connectivity index (χ4n) is 1.33. The van der Waals surface area contributed by atoms with Crippen LogP contribution < -0.4 is 16.4 Å². The minimum Gasteiger partial charge on any atom is -0.409 e. The lowest BCUT2D eigenvalue weighted by atomic mass is 10.2. The summed E-state index contributed by atoms with van der Waals surface area (Å²) in [7, 11) is 0. The molecule has 0 aromatic heterocycles. The molecule has 84 valence electrons. The van der Waals surface area contributed by atoms with Crippen molar-refractivity contribution in [1.82, 2.24) is 10.6 Å². The van der Waals surface area contributed by atoms with Gasteiger partial charge in [0.2, 0.25) is 11.8 Å². The smallest absolute Gasteiger partial charge is 0.227 e. The van der Waals surface area contributed by atoms with E-state index < -0.39 is 0 Å². The lowest BCUT2D eigenvalue weighted by Crippen LogP contribution is -2.39. The van der Waals surface area contributed by atoms with Gasteiger partial charge in [-0.05, 0) is 6.42 Å². The molecule has 5 N–H and O–H groups in total. The summed E-state index contributed by atoms with van der Waals surface area (Å²) in [5.41, 5.74) is 5.15. The van der Waals surface area contributed by atoms with Crippen LogP contribution in [-0.2, 0) is 9.59 Å². The highest BCUT2D eigenvalue weighted by molar-refractivity contribution is 5.98. The summed E-state index contributed by atoms with van der Waals surface area (Å²) in [5, 5.41) is 16.2. The molecule has 7 heteroatoms. The maximum atomic E-state index is 11.2. The molecule has 0 bridgehead atoms. The van der Waals surface area contributed by atoms with Crippen LogP contribution in [0.1, 0.15) is 19.3 Å². The third kappa shape index (κ3) is 3.84. The number of amides is 2. The van der Waals surface area contributed by atoms with Crippen molar-refractivity contribution in [3.8, 4) is 0 Å². The Labute approximate surface area is 86.7 Å². The van der Waals surface area contributed by atoms with E-state index in [1.54, 1.807) is 0 Å². The van der Waals surface area contributed by atoms with E-state index in [-0.39, 0.29) is 30.1 Å². The first kappa shape index (κ1) is 11.3. The van der Waals surface area contributed by atoms with E-state index in [9.17, 15) is 9.59 Å². The molecule has 0 spiro atoms. The van der Waals surface area contributed by atoms with Gasteiger partial charge in [-0.15, -0.1) is 0 Å². The van der Waals surface area contributed by atoms with Crippen LogP contribution in [0.15, 0.2) is 5.16 Å². The number of amidine groups is 1. The minimum absolute atomic E-state index is 0.00526. The van der Waals surface area contributed by atoms with E-state index in [1.807, 2.05) is 0 Å². The highest BCUT2D eigenvalue weighted by Gasteiger charge is 2.20. The number of rotatable bonds is 4. The van der Waals surface area contributed by atoms with Crippen molar-refractivity contribution in [2.45, 2.75) is 25.3 Å². The van der Waals surface area contributed by atoms with Crippen LogP contribution in [0.5, 0.6) is 0 Å². The van der Waals surface area contributed by atoms with E-state index in [4.69, 9.17) is 10.9 Å². The van der Waals surface area contributed by atoms with Gasteiger partial charge >= 0.3 is 0 Å². The van der Waals surface area contributed by atoms with Crippen molar-refractivity contribution < 1.29 is 14.8 Å². The molecular formula is C8H14N4O3. The van der Waals surface area contributed by atoms with Crippen molar-refractivity contribution in [3.05, 3.63) is 0 Å². The van der Waals surface area contributed by atoms with Gasteiger partial charge in [0.1, 0.15) is 5.84 Å². The molecule has 7 nitrogen and oxygen atoms in total. The van der Waals surface area contributed by atoms with Crippen LogP contribution >= 0.6 is 0 Å². The Morgan fingerprint density at radius 3 is 3.00 bits per heavy atom. The number of nitrogens with zero attached hydrogens (tertiary/aromatic N) is 1. The number of carbonyl (C=O) groups excluding carboxylic acids is 2. The van der Waals surface area contributed by atoms with Crippen LogP contribution in [-0.4, -0.2) is 35.4 Å². The lowest BCUT2D eigenvalue weighted by Gasteiger charge is -2.10. The summed E-state index contributed by atoms with van der Waals surface area (Å²) in [6.07, 6.45) is 1.08. The molecule has 0 aromatic rings. The number of nitrogens with two attached hydrogens (primary N) is 1. The number of hydrogen-bond donors (Lipinski definition) is 4. The highest BCUT2D eigenvalue weighted by Crippen LogP contribution is 2.04. The zero-order chi connectivity index (χ0) is 11.3. The molecule has 0 saturated carbocycles. The van der Waals surface area contributed by atoms with Gasteiger partial charge < -0.3 is 21.6 Å². The fourth-order valence-corrected chi connectivity index (χ4v) is 1.33. The normalized spacial score (nSPS) is 21.2. The molecule has 15 heavy (non-hydrogen) atoms. The van der Waals surface area contributed by atoms with Gasteiger partial charge in [0.15, 0.2) is 0 Å². The average Bonchev–Trinajstić information content (AvgIpc) is 2.61. The second-order valence-corrected chi connectivity index (χ2v) is 3.38. The summed E-state index contributed by atoms with van der Waals surface area (Å²) in [4.78, 5) is 22.0. The Morgan fingerprint density at radius 2 is 2.47 bits per heavy atom. The van der Waals surface area contributed by atoms with Crippen molar-refractivity contribution in [1.29, 1.82) is 0 Å². The van der Waals surface area contributed by atoms with Gasteiger partial charge in [-0.3, -0.25) is 9.59 Å². The zero-order valence-electron chi connectivity index (χ0n) is 8.19. The van der Waals surface area contributed by atoms with Gasteiger partial charge in [-0.25, -0.2) is 0 Å². The molecule has 1 aliphatic rings. The first-order chi connectivity index (χ1) is 7.11. The number of nitrogens with one attached hydrogen (secondary N) is 2. The van der Waals surface area contributed by atoms with Gasteiger partial charge in [0.25, 0.3) is 0 Å². The second-order valence-electron chi connectivity index (χ2n) is 3.38. The van der Waals surface area contributed by atoms with Crippen LogP contribution in [0, 0.1) is 0 Å². The van der Waals surface area contributed by atoms with E-state index >= 15 is 0 Å². The Morgan fingerprint density at radius 1 is 1.73 bits per heavy atom. The summed E-state index contributed by atoms with van der Waals surface area (Å²) in [6.45, 7) is 0.378. The number of carbonyl (C=O) groups is 2. The highest BCUT2D eigenvalue weighted by atomic mass is 16.4. The summed E-state index contributed by atoms with van der Waals surface area (Å²) < 4.78 is 0. The fraction of sp³-hybridized carbons (Fsp3) is 0.625. The second kappa shape index (κ2) is 5.18. The maximum Gasteiger partial charge on any atom is 0.227 e. The van der Waals surface area contributed by atoms with Gasteiger partial charge in [0.05, 0.1) is 6.42 Å². The first-order valence-corrected chi connectivity index (χ1v) is 4.64. The van der Waals surface area contributed by atoms with Crippen LogP contribution in [0.3, 0.4) is 0 Å². The molecule has 1 aliphatic heterocycles. The third-order valence-electron chi connectivity index (χ3n) is 2.10. The molecule has 1 heterocycles. The van der Waals surface area contributed by atoms with Crippen molar-refractivity contribution in [3.63, 3.8) is 0 Å². The molecule has 0 aromatic carbocycles. The van der Waals surface area contributed by atoms with Crippen molar-refractivity contribution >= 4 is 17.6 Å². The van der Waals surface area contributed by atoms with Crippen molar-refractivity contribution in [2.24, 2.45) is 10.9 Å². The zero-order valence-corrected chi connectivity index (χ0v) is 8.19. The largest absolute Gasteiger partial charge is 0.409 e. The summed E-state index contributed by atoms with van der Waals surface area (Å²) >= 11 is 0. The minimum atomic E-state index is -0.327. The average molecular weight is 214 g/mol. The van der Waals surface area contributed by atoms with Crippen molar-refractivity contribution in [2.75, 3.05) is 6.54 Å². The molecule has 1 fully saturated rings. The van der Waals surface area contributed by atoms with Crippen LogP contribution in [0.4, 0.5) is 0 Å². The van der Waals surface area contributed by atoms with Crippen LogP contribution in [0.25, 0.3) is 0 Å². The molecule has 1 atom stereocenters.